The molecule has 0 saturated carbocycles. The zero-order valence-electron chi connectivity index (χ0n) is 5.56. The smallest absolute Gasteiger partial charge is 0.0612 e. The van der Waals surface area contributed by atoms with Gasteiger partial charge < -0.3 is 0 Å². The van der Waals surface area contributed by atoms with Crippen molar-refractivity contribution < 1.29 is 0 Å². The minimum Gasteiger partial charge on any atom is -0.260 e. The average molecular weight is 152 g/mol. The van der Waals surface area contributed by atoms with Crippen LogP contribution in [0.1, 0.15) is 11.3 Å². The van der Waals surface area contributed by atoms with Gasteiger partial charge in [-0.3, -0.25) is 4.98 Å². The Morgan fingerprint density at radius 1 is 1.70 bits per heavy atom. The number of rotatable bonds is 0. The highest BCUT2D eigenvalue weighted by Crippen LogP contribution is 2.13. The molecule has 50 valence electrons. The van der Waals surface area contributed by atoms with E-state index in [1.165, 1.54) is 0 Å². The fourth-order valence-electron chi connectivity index (χ4n) is 0.633. The summed E-state index contributed by atoms with van der Waals surface area (Å²) in [4.78, 5) is 3.98. The molecule has 0 radical (unpaired) electrons. The highest BCUT2D eigenvalue weighted by Gasteiger charge is 1.95. The van der Waals surface area contributed by atoms with Gasteiger partial charge in [0.05, 0.1) is 10.6 Å². The third kappa shape index (κ3) is 1.29. The summed E-state index contributed by atoms with van der Waals surface area (Å²) in [6.07, 6.45) is 6.72. The summed E-state index contributed by atoms with van der Waals surface area (Å²) in [7, 11) is 0. The van der Waals surface area contributed by atoms with Crippen molar-refractivity contribution >= 4 is 11.6 Å². The van der Waals surface area contributed by atoms with Gasteiger partial charge in [-0.1, -0.05) is 17.5 Å². The van der Waals surface area contributed by atoms with Crippen LogP contribution in [0.5, 0.6) is 0 Å². The summed E-state index contributed by atoms with van der Waals surface area (Å²) in [6.45, 7) is 1.87. The predicted molar refractivity (Wildman–Crippen MR) is 41.9 cm³/mol. The maximum absolute atomic E-state index is 5.75. The summed E-state index contributed by atoms with van der Waals surface area (Å²) in [6, 6.07) is 1.75. The quantitative estimate of drug-likeness (QED) is 0.517. The Balaban J connectivity index is 3.23. The minimum atomic E-state index is 0.593. The van der Waals surface area contributed by atoms with Gasteiger partial charge in [-0.05, 0) is 13.0 Å². The molecule has 0 unspecified atom stereocenters. The van der Waals surface area contributed by atoms with Crippen LogP contribution in [-0.2, 0) is 0 Å². The van der Waals surface area contributed by atoms with E-state index in [0.717, 1.165) is 5.69 Å². The lowest BCUT2D eigenvalue weighted by atomic mass is 10.3. The molecule has 0 aliphatic carbocycles. The van der Waals surface area contributed by atoms with Gasteiger partial charge in [-0.25, -0.2) is 0 Å². The highest BCUT2D eigenvalue weighted by atomic mass is 35.5. The van der Waals surface area contributed by atoms with E-state index in [4.69, 9.17) is 18.0 Å². The molecule has 10 heavy (non-hydrogen) atoms. The number of terminal acetylenes is 1. The second kappa shape index (κ2) is 2.72. The Kier molecular flexibility index (Phi) is 1.94. The second-order valence-electron chi connectivity index (χ2n) is 1.95. The van der Waals surface area contributed by atoms with Crippen molar-refractivity contribution in [2.75, 3.05) is 0 Å². The molecule has 0 N–H and O–H groups in total. The minimum absolute atomic E-state index is 0.593. The summed E-state index contributed by atoms with van der Waals surface area (Å²) in [5.41, 5.74) is 1.52. The Morgan fingerprint density at radius 3 is 2.90 bits per heavy atom. The van der Waals surface area contributed by atoms with Gasteiger partial charge in [0.1, 0.15) is 0 Å². The lowest BCUT2D eigenvalue weighted by molar-refractivity contribution is 1.19. The number of halogens is 1. The molecule has 0 amide bonds. The number of hydrogen-bond donors (Lipinski definition) is 0. The van der Waals surface area contributed by atoms with Crippen LogP contribution >= 0.6 is 11.6 Å². The first-order valence-corrected chi connectivity index (χ1v) is 3.20. The molecule has 0 spiro atoms. The first-order valence-electron chi connectivity index (χ1n) is 2.83. The van der Waals surface area contributed by atoms with Gasteiger partial charge in [-0.15, -0.1) is 6.42 Å². The second-order valence-corrected chi connectivity index (χ2v) is 2.36. The maximum atomic E-state index is 5.75. The van der Waals surface area contributed by atoms with E-state index in [9.17, 15) is 0 Å². The summed E-state index contributed by atoms with van der Waals surface area (Å²) < 4.78 is 0. The average Bonchev–Trinajstić information content (AvgIpc) is 1.88. The van der Waals surface area contributed by atoms with Crippen molar-refractivity contribution in [1.82, 2.24) is 4.98 Å². The van der Waals surface area contributed by atoms with Crippen molar-refractivity contribution in [1.29, 1.82) is 0 Å². The van der Waals surface area contributed by atoms with Crippen molar-refractivity contribution in [3.8, 4) is 12.3 Å². The maximum Gasteiger partial charge on any atom is 0.0612 e. The van der Waals surface area contributed by atoms with E-state index >= 15 is 0 Å². The van der Waals surface area contributed by atoms with Crippen LogP contribution in [0.25, 0.3) is 0 Å². The molecule has 0 aromatic carbocycles. The fourth-order valence-corrected chi connectivity index (χ4v) is 0.894. The van der Waals surface area contributed by atoms with Crippen LogP contribution in [0.15, 0.2) is 12.3 Å². The largest absolute Gasteiger partial charge is 0.260 e. The molecule has 1 aromatic rings. The summed E-state index contributed by atoms with van der Waals surface area (Å²) in [5, 5.41) is 0.593. The summed E-state index contributed by atoms with van der Waals surface area (Å²) in [5.74, 6) is 2.43. The predicted octanol–water partition coefficient (Wildman–Crippen LogP) is 2.02. The molecule has 0 fully saturated rings. The van der Waals surface area contributed by atoms with E-state index in [1.807, 2.05) is 6.92 Å². The number of hydrogen-bond acceptors (Lipinski definition) is 1. The first-order chi connectivity index (χ1) is 4.74. The molecule has 1 nitrogen and oxygen atoms in total. The monoisotopic (exact) mass is 151 g/mol. The summed E-state index contributed by atoms with van der Waals surface area (Å²) >= 11 is 5.75. The molecule has 1 rings (SSSR count). The van der Waals surface area contributed by atoms with E-state index in [0.29, 0.717) is 10.6 Å². The highest BCUT2D eigenvalue weighted by molar-refractivity contribution is 6.31. The number of nitrogens with zero attached hydrogens (tertiary/aromatic N) is 1. The van der Waals surface area contributed by atoms with Gasteiger partial charge in [-0.2, -0.15) is 0 Å². The van der Waals surface area contributed by atoms with Gasteiger partial charge in [0.25, 0.3) is 0 Å². The molecule has 2 heteroatoms. The molecule has 0 aliphatic heterocycles. The third-order valence-corrected chi connectivity index (χ3v) is 1.46. The molecule has 1 heterocycles. The third-order valence-electron chi connectivity index (χ3n) is 1.15. The molecular formula is C8H6ClN. The standard InChI is InChI=1S/C8H6ClN/c1-3-7-5-10-6(2)4-8(7)9/h1,4-5H,2H3. The topological polar surface area (TPSA) is 12.9 Å². The van der Waals surface area contributed by atoms with E-state index in [1.54, 1.807) is 12.3 Å². The van der Waals surface area contributed by atoms with Gasteiger partial charge in [0, 0.05) is 11.9 Å². The Hall–Kier alpha value is -1.00. The molecule has 0 bridgehead atoms. The van der Waals surface area contributed by atoms with E-state index < -0.39 is 0 Å². The van der Waals surface area contributed by atoms with Gasteiger partial charge in [0.15, 0.2) is 0 Å². The fraction of sp³-hybridized carbons (Fsp3) is 0.125. The van der Waals surface area contributed by atoms with Crippen LogP contribution in [0.3, 0.4) is 0 Å². The SMILES string of the molecule is C#Cc1cnc(C)cc1Cl. The molecule has 0 aliphatic rings. The van der Waals surface area contributed by atoms with Crippen LogP contribution in [0.2, 0.25) is 5.02 Å². The zero-order valence-corrected chi connectivity index (χ0v) is 6.31. The number of aromatic nitrogens is 1. The lowest BCUT2D eigenvalue weighted by Crippen LogP contribution is -1.83. The Morgan fingerprint density at radius 2 is 2.40 bits per heavy atom. The number of pyridine rings is 1. The molecule has 1 aromatic heterocycles. The Bertz CT molecular complexity index is 286. The van der Waals surface area contributed by atoms with Crippen molar-refractivity contribution in [3.05, 3.63) is 28.5 Å². The van der Waals surface area contributed by atoms with Crippen LogP contribution < -0.4 is 0 Å². The molecule has 0 atom stereocenters. The molecular weight excluding hydrogens is 146 g/mol. The van der Waals surface area contributed by atoms with Crippen LogP contribution in [0, 0.1) is 19.3 Å². The van der Waals surface area contributed by atoms with Crippen molar-refractivity contribution in [2.45, 2.75) is 6.92 Å². The van der Waals surface area contributed by atoms with Crippen molar-refractivity contribution in [2.24, 2.45) is 0 Å². The van der Waals surface area contributed by atoms with E-state index in [2.05, 4.69) is 10.9 Å². The molecule has 0 saturated heterocycles. The Labute approximate surface area is 65.0 Å². The van der Waals surface area contributed by atoms with Crippen molar-refractivity contribution in [3.63, 3.8) is 0 Å². The van der Waals surface area contributed by atoms with Gasteiger partial charge in [0.2, 0.25) is 0 Å². The van der Waals surface area contributed by atoms with Crippen LogP contribution in [-0.4, -0.2) is 4.98 Å². The normalized spacial score (nSPS) is 8.90. The first kappa shape index (κ1) is 7.11. The zero-order chi connectivity index (χ0) is 7.56. The van der Waals surface area contributed by atoms with Crippen LogP contribution in [0.4, 0.5) is 0 Å². The van der Waals surface area contributed by atoms with Gasteiger partial charge >= 0.3 is 0 Å². The lowest BCUT2D eigenvalue weighted by Gasteiger charge is -1.94. The van der Waals surface area contributed by atoms with E-state index in [-0.39, 0.29) is 0 Å². The number of aryl methyl sites for hydroxylation is 1.